The Balaban J connectivity index is 1.14. The maximum Gasteiger partial charge on any atom is 0.262 e. The molecule has 0 unspecified atom stereocenters. The molecule has 10 heteroatoms. The number of piperidine rings is 1. The van der Waals surface area contributed by atoms with Gasteiger partial charge in [0.05, 0.1) is 16.5 Å². The zero-order valence-electron chi connectivity index (χ0n) is 21.2. The van der Waals surface area contributed by atoms with Crippen LogP contribution in [0.25, 0.3) is 0 Å². The molecule has 3 aliphatic rings. The molecule has 198 valence electrons. The number of hydrogen-bond donors (Lipinski definition) is 2. The van der Waals surface area contributed by atoms with Gasteiger partial charge in [0.1, 0.15) is 5.75 Å². The third kappa shape index (κ3) is 5.66. The van der Waals surface area contributed by atoms with Crippen LogP contribution in [0, 0.1) is 12.8 Å². The number of amides is 2. The van der Waals surface area contributed by atoms with Crippen molar-refractivity contribution < 1.29 is 22.7 Å². The van der Waals surface area contributed by atoms with E-state index in [0.717, 1.165) is 32.5 Å². The number of ether oxygens (including phenoxy) is 1. The maximum atomic E-state index is 13.5. The van der Waals surface area contributed by atoms with Crippen LogP contribution in [0.5, 0.6) is 5.75 Å². The molecule has 1 saturated heterocycles. The number of benzene rings is 2. The van der Waals surface area contributed by atoms with Crippen LogP contribution >= 0.6 is 0 Å². The number of aryl methyl sites for hydroxylation is 1. The molecule has 5 rings (SSSR count). The highest BCUT2D eigenvalue weighted by Crippen LogP contribution is 2.35. The fourth-order valence-corrected chi connectivity index (χ4v) is 7.16. The van der Waals surface area contributed by atoms with Gasteiger partial charge in [0.25, 0.3) is 5.91 Å². The Bertz CT molecular complexity index is 1300. The Morgan fingerprint density at radius 3 is 2.84 bits per heavy atom. The quantitative estimate of drug-likeness (QED) is 0.536. The molecule has 0 saturated carbocycles. The number of sulfonamides is 1. The molecule has 37 heavy (non-hydrogen) atoms. The first-order chi connectivity index (χ1) is 17.8. The van der Waals surface area contributed by atoms with E-state index in [2.05, 4.69) is 39.8 Å². The van der Waals surface area contributed by atoms with E-state index in [4.69, 9.17) is 4.74 Å². The summed E-state index contributed by atoms with van der Waals surface area (Å²) in [6.45, 7) is 5.55. The number of fused-ring (bicyclic) bond motifs is 2. The van der Waals surface area contributed by atoms with Gasteiger partial charge in [-0.25, -0.2) is 8.42 Å². The van der Waals surface area contributed by atoms with Crippen LogP contribution < -0.4 is 15.4 Å². The van der Waals surface area contributed by atoms with Crippen molar-refractivity contribution in [3.63, 3.8) is 0 Å². The molecule has 2 amide bonds. The molecular weight excluding hydrogens is 492 g/mol. The first-order valence-corrected chi connectivity index (χ1v) is 14.4. The summed E-state index contributed by atoms with van der Waals surface area (Å²) in [4.78, 5) is 27.0. The van der Waals surface area contributed by atoms with Crippen molar-refractivity contribution >= 4 is 27.5 Å². The molecule has 3 aliphatic heterocycles. The summed E-state index contributed by atoms with van der Waals surface area (Å²) in [5.41, 5.74) is 3.80. The third-order valence-electron chi connectivity index (χ3n) is 7.44. The molecule has 0 radical (unpaired) electrons. The summed E-state index contributed by atoms with van der Waals surface area (Å²) in [5, 5.41) is 5.73. The van der Waals surface area contributed by atoms with Crippen LogP contribution in [0.1, 0.15) is 36.0 Å². The van der Waals surface area contributed by atoms with Crippen molar-refractivity contribution in [2.75, 3.05) is 44.6 Å². The lowest BCUT2D eigenvalue weighted by atomic mass is 9.98. The second-order valence-electron chi connectivity index (χ2n) is 10.1. The van der Waals surface area contributed by atoms with Crippen LogP contribution in [0.2, 0.25) is 0 Å². The number of carbonyl (C=O) groups is 2. The van der Waals surface area contributed by atoms with E-state index in [1.807, 2.05) is 0 Å². The van der Waals surface area contributed by atoms with Gasteiger partial charge in [-0.15, -0.1) is 0 Å². The van der Waals surface area contributed by atoms with E-state index >= 15 is 0 Å². The van der Waals surface area contributed by atoms with Gasteiger partial charge in [0.2, 0.25) is 15.9 Å². The average Bonchev–Trinajstić information content (AvgIpc) is 2.90. The molecule has 0 bridgehead atoms. The third-order valence-corrected chi connectivity index (χ3v) is 9.45. The first-order valence-electron chi connectivity index (χ1n) is 13.0. The van der Waals surface area contributed by atoms with Crippen LogP contribution in [-0.4, -0.2) is 68.8 Å². The maximum absolute atomic E-state index is 13.5. The van der Waals surface area contributed by atoms with Gasteiger partial charge in [-0.3, -0.25) is 14.5 Å². The van der Waals surface area contributed by atoms with E-state index in [0.29, 0.717) is 42.9 Å². The number of carbonyl (C=O) groups excluding carboxylic acids is 2. The van der Waals surface area contributed by atoms with Crippen molar-refractivity contribution in [2.24, 2.45) is 5.92 Å². The van der Waals surface area contributed by atoms with Gasteiger partial charge in [-0.05, 0) is 55.4 Å². The lowest BCUT2D eigenvalue weighted by Gasteiger charge is -2.32. The highest BCUT2D eigenvalue weighted by molar-refractivity contribution is 7.89. The highest BCUT2D eigenvalue weighted by atomic mass is 32.2. The number of hydrogen-bond acceptors (Lipinski definition) is 6. The summed E-state index contributed by atoms with van der Waals surface area (Å²) >= 11 is 0. The molecular formula is C27H34N4O5S. The van der Waals surface area contributed by atoms with Crippen molar-refractivity contribution in [1.29, 1.82) is 0 Å². The highest BCUT2D eigenvalue weighted by Gasteiger charge is 2.35. The minimum atomic E-state index is -3.82. The van der Waals surface area contributed by atoms with Crippen LogP contribution in [0.3, 0.4) is 0 Å². The minimum Gasteiger partial charge on any atom is -0.482 e. The molecule has 0 aliphatic carbocycles. The number of anilines is 1. The van der Waals surface area contributed by atoms with E-state index in [-0.39, 0.29) is 35.8 Å². The summed E-state index contributed by atoms with van der Waals surface area (Å²) in [6.07, 6.45) is 3.20. The van der Waals surface area contributed by atoms with Gasteiger partial charge in [0.15, 0.2) is 6.61 Å². The van der Waals surface area contributed by atoms with Gasteiger partial charge in [-0.2, -0.15) is 4.31 Å². The van der Waals surface area contributed by atoms with E-state index < -0.39 is 10.0 Å². The van der Waals surface area contributed by atoms with Gasteiger partial charge < -0.3 is 15.4 Å². The fraction of sp³-hybridized carbons (Fsp3) is 0.481. The van der Waals surface area contributed by atoms with E-state index in [1.54, 1.807) is 13.0 Å². The Labute approximate surface area is 218 Å². The predicted octanol–water partition coefficient (Wildman–Crippen LogP) is 2.29. The summed E-state index contributed by atoms with van der Waals surface area (Å²) < 4.78 is 33.8. The number of nitrogens with zero attached hydrogens (tertiary/aromatic N) is 2. The van der Waals surface area contributed by atoms with Crippen LogP contribution in [-0.2, 0) is 32.6 Å². The summed E-state index contributed by atoms with van der Waals surface area (Å²) in [7, 11) is -3.82. The minimum absolute atomic E-state index is 0.0860. The molecule has 1 atom stereocenters. The van der Waals surface area contributed by atoms with E-state index in [9.17, 15) is 18.0 Å². The summed E-state index contributed by atoms with van der Waals surface area (Å²) in [5.74, 6) is -0.392. The number of nitrogens with one attached hydrogen (secondary N) is 2. The molecule has 0 aromatic heterocycles. The smallest absolute Gasteiger partial charge is 0.262 e. The largest absolute Gasteiger partial charge is 0.482 e. The number of rotatable bonds is 7. The second-order valence-corrected chi connectivity index (χ2v) is 12.0. The zero-order valence-corrected chi connectivity index (χ0v) is 22.0. The van der Waals surface area contributed by atoms with Crippen molar-refractivity contribution in [1.82, 2.24) is 14.5 Å². The normalized spacial score (nSPS) is 20.4. The van der Waals surface area contributed by atoms with Crippen LogP contribution in [0.4, 0.5) is 5.69 Å². The first kappa shape index (κ1) is 25.7. The molecule has 3 heterocycles. The topological polar surface area (TPSA) is 108 Å². The monoisotopic (exact) mass is 526 g/mol. The molecule has 2 aromatic carbocycles. The second kappa shape index (κ2) is 10.8. The Hall–Kier alpha value is -2.95. The zero-order chi connectivity index (χ0) is 26.0. The molecule has 0 spiro atoms. The molecule has 1 fully saturated rings. The molecule has 2 N–H and O–H groups in total. The van der Waals surface area contributed by atoms with Crippen molar-refractivity contribution in [2.45, 2.75) is 44.0 Å². The molecule has 9 nitrogen and oxygen atoms in total. The Morgan fingerprint density at radius 2 is 2.00 bits per heavy atom. The lowest BCUT2D eigenvalue weighted by Crippen LogP contribution is -2.46. The van der Waals surface area contributed by atoms with Gasteiger partial charge >= 0.3 is 0 Å². The Kier molecular flexibility index (Phi) is 7.50. The van der Waals surface area contributed by atoms with Crippen molar-refractivity contribution in [3.8, 4) is 5.75 Å². The SMILES string of the molecule is Cc1cc2c(cc1S(=O)(=O)N1CCC[C@H](C(=O)NCCCN3CCc4ccccc4C3)C1)OCC(=O)N2. The lowest BCUT2D eigenvalue weighted by molar-refractivity contribution is -0.126. The standard InChI is InChI=1S/C27H34N4O5S/c1-19-14-23-24(36-18-26(32)29-23)15-25(19)37(34,35)31-12-4-8-22(17-31)27(33)28-10-5-11-30-13-9-20-6-2-3-7-21(20)16-30/h2-3,6-7,14-15,22H,4-5,8-13,16-18H2,1H3,(H,28,33)(H,29,32)/t22-/m0/s1. The van der Waals surface area contributed by atoms with E-state index in [1.165, 1.54) is 21.5 Å². The van der Waals surface area contributed by atoms with Gasteiger partial charge in [0, 0.05) is 45.3 Å². The molecule has 2 aromatic rings. The van der Waals surface area contributed by atoms with Crippen molar-refractivity contribution in [3.05, 3.63) is 53.1 Å². The Morgan fingerprint density at radius 1 is 1.19 bits per heavy atom. The van der Waals surface area contributed by atoms with Crippen LogP contribution in [0.15, 0.2) is 41.3 Å². The average molecular weight is 527 g/mol. The fourth-order valence-electron chi connectivity index (χ4n) is 5.41. The predicted molar refractivity (Wildman–Crippen MR) is 140 cm³/mol. The summed E-state index contributed by atoms with van der Waals surface area (Å²) in [6, 6.07) is 11.6. The van der Waals surface area contributed by atoms with Gasteiger partial charge in [-0.1, -0.05) is 24.3 Å².